The van der Waals surface area contributed by atoms with Crippen LogP contribution in [0, 0.1) is 12.7 Å². The third-order valence-electron chi connectivity index (χ3n) is 2.83. The number of nitrogens with one attached hydrogen (secondary N) is 3. The van der Waals surface area contributed by atoms with Crippen molar-refractivity contribution in [1.82, 2.24) is 5.32 Å². The molecule has 1 aromatic carbocycles. The molecular weight excluding hydrogens is 273 g/mol. The molecule has 1 unspecified atom stereocenters. The fourth-order valence-electron chi connectivity index (χ4n) is 1.86. The smallest absolute Gasteiger partial charge is 0.279 e. The second-order valence-corrected chi connectivity index (χ2v) is 5.55. The maximum absolute atomic E-state index is 13.4. The molecule has 21 heavy (non-hydrogen) atoms. The third-order valence-corrected chi connectivity index (χ3v) is 2.83. The van der Waals surface area contributed by atoms with E-state index in [9.17, 15) is 14.0 Å². The zero-order valence-corrected chi connectivity index (χ0v) is 12.9. The van der Waals surface area contributed by atoms with Crippen molar-refractivity contribution < 1.29 is 18.9 Å². The normalized spacial score (nSPS) is 12.1. The minimum atomic E-state index is -0.357. The molecule has 1 aromatic rings. The molecule has 2 amide bonds. The van der Waals surface area contributed by atoms with Gasteiger partial charge in [0.25, 0.3) is 11.8 Å². The van der Waals surface area contributed by atoms with E-state index in [2.05, 4.69) is 10.6 Å². The van der Waals surface area contributed by atoms with Gasteiger partial charge in [0.2, 0.25) is 0 Å². The summed E-state index contributed by atoms with van der Waals surface area (Å²) in [7, 11) is 1.76. The molecule has 0 spiro atoms. The zero-order chi connectivity index (χ0) is 16.0. The molecule has 0 saturated carbocycles. The van der Waals surface area contributed by atoms with Crippen LogP contribution in [0.5, 0.6) is 0 Å². The number of hydrogen-bond donors (Lipinski definition) is 3. The van der Waals surface area contributed by atoms with Gasteiger partial charge in [0.05, 0.1) is 7.05 Å². The summed E-state index contributed by atoms with van der Waals surface area (Å²) in [6.45, 7) is 5.78. The first-order valence-electron chi connectivity index (χ1n) is 6.94. The molecule has 3 N–H and O–H groups in total. The van der Waals surface area contributed by atoms with Crippen molar-refractivity contribution in [3.8, 4) is 0 Å². The molecule has 1 rings (SSSR count). The first-order chi connectivity index (χ1) is 9.77. The number of amides is 2. The number of aryl methyl sites for hydroxylation is 1. The number of likely N-dealkylation sites (N-methyl/N-ethyl adjacent to an activating group) is 1. The summed E-state index contributed by atoms with van der Waals surface area (Å²) in [6.07, 6.45) is 0. The van der Waals surface area contributed by atoms with Gasteiger partial charge in [0, 0.05) is 11.7 Å². The van der Waals surface area contributed by atoms with Crippen LogP contribution in [0.15, 0.2) is 18.2 Å². The molecule has 0 aromatic heterocycles. The highest BCUT2D eigenvalue weighted by Gasteiger charge is 2.15. The van der Waals surface area contributed by atoms with Gasteiger partial charge in [-0.3, -0.25) is 9.59 Å². The first-order valence-corrected chi connectivity index (χ1v) is 6.94. The second kappa shape index (κ2) is 7.73. The number of benzene rings is 1. The van der Waals surface area contributed by atoms with Crippen molar-refractivity contribution in [2.45, 2.75) is 26.8 Å². The molecule has 0 fully saturated rings. The lowest BCUT2D eigenvalue weighted by Gasteiger charge is -2.15. The number of carbonyl (C=O) groups is 2. The molecular formula is C15H23FN3O2+. The number of quaternary nitrogens is 1. The van der Waals surface area contributed by atoms with Gasteiger partial charge in [-0.1, -0.05) is 6.07 Å². The maximum atomic E-state index is 13.4. The molecule has 0 aliphatic rings. The predicted molar refractivity (Wildman–Crippen MR) is 79.7 cm³/mol. The van der Waals surface area contributed by atoms with Crippen molar-refractivity contribution in [1.29, 1.82) is 0 Å². The molecule has 116 valence electrons. The Morgan fingerprint density at radius 1 is 1.24 bits per heavy atom. The standard InChI is InChI=1S/C15H22FN3O2/c1-10(2)17-14(20)8-19(4)9-15(21)18-12-6-5-11(3)13(16)7-12/h5-7,10H,8-9H2,1-4H3,(H,17,20)(H,18,21)/p+1. The zero-order valence-electron chi connectivity index (χ0n) is 12.9. The van der Waals surface area contributed by atoms with Crippen LogP contribution in [-0.4, -0.2) is 38.0 Å². The van der Waals surface area contributed by atoms with E-state index in [4.69, 9.17) is 0 Å². The summed E-state index contributed by atoms with van der Waals surface area (Å²) in [5, 5.41) is 5.39. The van der Waals surface area contributed by atoms with Gasteiger partial charge in [-0.05, 0) is 38.5 Å². The van der Waals surface area contributed by atoms with E-state index >= 15 is 0 Å². The van der Waals surface area contributed by atoms with Crippen LogP contribution >= 0.6 is 0 Å². The van der Waals surface area contributed by atoms with E-state index < -0.39 is 0 Å². The summed E-state index contributed by atoms with van der Waals surface area (Å²) < 4.78 is 13.4. The van der Waals surface area contributed by atoms with Crippen LogP contribution in [0.4, 0.5) is 10.1 Å². The Kier molecular flexibility index (Phi) is 6.30. The molecule has 0 radical (unpaired) electrons. The Morgan fingerprint density at radius 2 is 1.86 bits per heavy atom. The number of hydrogen-bond acceptors (Lipinski definition) is 2. The van der Waals surface area contributed by atoms with Gasteiger partial charge in [0.15, 0.2) is 13.1 Å². The van der Waals surface area contributed by atoms with Gasteiger partial charge in [0.1, 0.15) is 5.82 Å². The molecule has 0 heterocycles. The quantitative estimate of drug-likeness (QED) is 0.698. The number of halogens is 1. The maximum Gasteiger partial charge on any atom is 0.279 e. The molecule has 6 heteroatoms. The van der Waals surface area contributed by atoms with E-state index in [1.165, 1.54) is 6.07 Å². The number of anilines is 1. The van der Waals surface area contributed by atoms with Crippen LogP contribution in [0.2, 0.25) is 0 Å². The van der Waals surface area contributed by atoms with Crippen molar-refractivity contribution in [3.05, 3.63) is 29.6 Å². The molecule has 1 atom stereocenters. The summed E-state index contributed by atoms with van der Waals surface area (Å²) in [5.41, 5.74) is 0.948. The highest BCUT2D eigenvalue weighted by Crippen LogP contribution is 2.13. The fraction of sp³-hybridized carbons (Fsp3) is 0.467. The lowest BCUT2D eigenvalue weighted by molar-refractivity contribution is -0.862. The molecule has 0 bridgehead atoms. The van der Waals surface area contributed by atoms with Crippen LogP contribution in [0.25, 0.3) is 0 Å². The second-order valence-electron chi connectivity index (χ2n) is 5.55. The van der Waals surface area contributed by atoms with Crippen molar-refractivity contribution >= 4 is 17.5 Å². The average Bonchev–Trinajstić information content (AvgIpc) is 2.32. The third kappa shape index (κ3) is 6.35. The highest BCUT2D eigenvalue weighted by molar-refractivity contribution is 5.91. The molecule has 0 saturated heterocycles. The van der Waals surface area contributed by atoms with Crippen LogP contribution in [0.3, 0.4) is 0 Å². The van der Waals surface area contributed by atoms with E-state index in [-0.39, 0.29) is 36.8 Å². The van der Waals surface area contributed by atoms with Gasteiger partial charge in [-0.15, -0.1) is 0 Å². The first kappa shape index (κ1) is 17.1. The summed E-state index contributed by atoms with van der Waals surface area (Å²) in [6, 6.07) is 4.62. The number of rotatable bonds is 6. The summed E-state index contributed by atoms with van der Waals surface area (Å²) in [5.74, 6) is -0.713. The van der Waals surface area contributed by atoms with Gasteiger partial charge >= 0.3 is 0 Å². The Hall–Kier alpha value is -1.95. The fourth-order valence-corrected chi connectivity index (χ4v) is 1.86. The van der Waals surface area contributed by atoms with Crippen molar-refractivity contribution in [2.24, 2.45) is 0 Å². The molecule has 0 aliphatic carbocycles. The van der Waals surface area contributed by atoms with Gasteiger partial charge in [-0.2, -0.15) is 0 Å². The van der Waals surface area contributed by atoms with Crippen LogP contribution in [0.1, 0.15) is 19.4 Å². The topological polar surface area (TPSA) is 62.6 Å². The Bertz CT molecular complexity index is 518. The molecule has 5 nitrogen and oxygen atoms in total. The van der Waals surface area contributed by atoms with Gasteiger partial charge in [-0.25, -0.2) is 4.39 Å². The SMILES string of the molecule is Cc1ccc(NC(=O)C[NH+](C)CC(=O)NC(C)C)cc1F. The Balaban J connectivity index is 2.45. The van der Waals surface area contributed by atoms with Crippen molar-refractivity contribution in [2.75, 3.05) is 25.5 Å². The predicted octanol–water partition coefficient (Wildman–Crippen LogP) is 0.112. The largest absolute Gasteiger partial charge is 0.349 e. The monoisotopic (exact) mass is 296 g/mol. The summed E-state index contributed by atoms with van der Waals surface area (Å²) in [4.78, 5) is 24.2. The van der Waals surface area contributed by atoms with E-state index in [1.807, 2.05) is 13.8 Å². The lowest BCUT2D eigenvalue weighted by atomic mass is 10.2. The van der Waals surface area contributed by atoms with Crippen LogP contribution < -0.4 is 15.5 Å². The average molecular weight is 296 g/mol. The van der Waals surface area contributed by atoms with E-state index in [0.717, 1.165) is 4.90 Å². The lowest BCUT2D eigenvalue weighted by Crippen LogP contribution is -3.11. The van der Waals surface area contributed by atoms with Crippen molar-refractivity contribution in [3.63, 3.8) is 0 Å². The highest BCUT2D eigenvalue weighted by atomic mass is 19.1. The Labute approximate surface area is 124 Å². The minimum absolute atomic E-state index is 0.0784. The minimum Gasteiger partial charge on any atom is -0.349 e. The number of carbonyl (C=O) groups excluding carboxylic acids is 2. The van der Waals surface area contributed by atoms with E-state index in [1.54, 1.807) is 26.1 Å². The van der Waals surface area contributed by atoms with E-state index in [0.29, 0.717) is 11.3 Å². The molecule has 0 aliphatic heterocycles. The van der Waals surface area contributed by atoms with Crippen LogP contribution in [-0.2, 0) is 9.59 Å². The summed E-state index contributed by atoms with van der Waals surface area (Å²) >= 11 is 0. The van der Waals surface area contributed by atoms with Gasteiger partial charge < -0.3 is 15.5 Å². The Morgan fingerprint density at radius 3 is 2.43 bits per heavy atom.